The van der Waals surface area contributed by atoms with Crippen LogP contribution >= 0.6 is 0 Å². The zero-order valence-corrected chi connectivity index (χ0v) is 12.8. The molecule has 1 aromatic carbocycles. The van der Waals surface area contributed by atoms with Gasteiger partial charge in [0.15, 0.2) is 0 Å². The summed E-state index contributed by atoms with van der Waals surface area (Å²) in [5.74, 6) is 1.80. The molecular weight excluding hydrogens is 258 g/mol. The number of anilines is 2. The lowest BCUT2D eigenvalue weighted by molar-refractivity contribution is 0.274. The van der Waals surface area contributed by atoms with Gasteiger partial charge in [0.2, 0.25) is 0 Å². The van der Waals surface area contributed by atoms with Gasteiger partial charge in [-0.2, -0.15) is 0 Å². The molecule has 0 spiro atoms. The maximum atomic E-state index is 5.82. The van der Waals surface area contributed by atoms with Crippen molar-refractivity contribution in [3.05, 3.63) is 30.5 Å². The number of nitrogens with zero attached hydrogens (tertiary/aromatic N) is 1. The van der Waals surface area contributed by atoms with Gasteiger partial charge in [-0.05, 0) is 48.9 Å². The summed E-state index contributed by atoms with van der Waals surface area (Å²) in [7, 11) is 0. The van der Waals surface area contributed by atoms with Gasteiger partial charge in [-0.15, -0.1) is 0 Å². The van der Waals surface area contributed by atoms with Crippen molar-refractivity contribution < 1.29 is 0 Å². The highest BCUT2D eigenvalue weighted by Crippen LogP contribution is 2.31. The average molecular weight is 283 g/mol. The molecule has 1 aliphatic rings. The van der Waals surface area contributed by atoms with Crippen LogP contribution in [0.15, 0.2) is 30.5 Å². The number of hydrogen-bond acceptors (Lipinski definition) is 3. The van der Waals surface area contributed by atoms with Crippen molar-refractivity contribution in [1.29, 1.82) is 0 Å². The number of nitrogens with one attached hydrogen (secondary N) is 1. The number of rotatable bonds is 4. The fourth-order valence-electron chi connectivity index (χ4n) is 3.55. The van der Waals surface area contributed by atoms with Crippen molar-refractivity contribution in [1.82, 2.24) is 4.98 Å². The molecule has 21 heavy (non-hydrogen) atoms. The molecule has 3 heteroatoms. The van der Waals surface area contributed by atoms with Gasteiger partial charge in [0.1, 0.15) is 0 Å². The first kappa shape index (κ1) is 14.2. The van der Waals surface area contributed by atoms with Gasteiger partial charge in [-0.3, -0.25) is 4.98 Å². The second-order valence-corrected chi connectivity index (χ2v) is 6.49. The third-order valence-electron chi connectivity index (χ3n) is 4.68. The smallest absolute Gasteiger partial charge is 0.0743 e. The first-order valence-corrected chi connectivity index (χ1v) is 8.10. The number of benzene rings is 1. The zero-order valence-electron chi connectivity index (χ0n) is 12.8. The van der Waals surface area contributed by atoms with Crippen molar-refractivity contribution >= 4 is 22.3 Å². The van der Waals surface area contributed by atoms with Gasteiger partial charge < -0.3 is 11.1 Å². The highest BCUT2D eigenvalue weighted by atomic mass is 14.9. The number of nitrogen functional groups attached to an aromatic ring is 1. The molecule has 2 atom stereocenters. The maximum Gasteiger partial charge on any atom is 0.0743 e. The van der Waals surface area contributed by atoms with Crippen LogP contribution in [0.2, 0.25) is 0 Å². The predicted molar refractivity (Wildman–Crippen MR) is 90.4 cm³/mol. The maximum absolute atomic E-state index is 5.82. The fourth-order valence-corrected chi connectivity index (χ4v) is 3.55. The molecule has 2 unspecified atom stereocenters. The summed E-state index contributed by atoms with van der Waals surface area (Å²) in [4.78, 5) is 4.39. The summed E-state index contributed by atoms with van der Waals surface area (Å²) in [5.41, 5.74) is 8.73. The van der Waals surface area contributed by atoms with E-state index in [0.29, 0.717) is 0 Å². The molecule has 0 bridgehead atoms. The molecule has 0 radical (unpaired) electrons. The van der Waals surface area contributed by atoms with Gasteiger partial charge in [-0.25, -0.2) is 0 Å². The van der Waals surface area contributed by atoms with Crippen molar-refractivity contribution in [2.45, 2.75) is 39.0 Å². The number of fused-ring (bicyclic) bond motifs is 1. The van der Waals surface area contributed by atoms with Crippen molar-refractivity contribution in [2.75, 3.05) is 17.6 Å². The van der Waals surface area contributed by atoms with E-state index in [2.05, 4.69) is 29.4 Å². The van der Waals surface area contributed by atoms with Crippen LogP contribution in [0.1, 0.15) is 39.0 Å². The summed E-state index contributed by atoms with van der Waals surface area (Å²) in [6.07, 6.45) is 8.74. The van der Waals surface area contributed by atoms with Crippen LogP contribution in [0.25, 0.3) is 10.9 Å². The SMILES string of the molecule is CC1CCCC(CCNc2ccnc3cc(N)ccc23)C1. The van der Waals surface area contributed by atoms with E-state index in [0.717, 1.165) is 35.0 Å². The lowest BCUT2D eigenvalue weighted by Gasteiger charge is -2.26. The number of hydrogen-bond donors (Lipinski definition) is 2. The Hall–Kier alpha value is -1.77. The molecule has 3 nitrogen and oxygen atoms in total. The molecule has 3 rings (SSSR count). The molecule has 112 valence electrons. The zero-order chi connectivity index (χ0) is 14.7. The Balaban J connectivity index is 1.63. The Morgan fingerprint density at radius 1 is 1.29 bits per heavy atom. The molecule has 2 aromatic rings. The third kappa shape index (κ3) is 3.46. The monoisotopic (exact) mass is 283 g/mol. The van der Waals surface area contributed by atoms with E-state index in [1.165, 1.54) is 37.8 Å². The Bertz CT molecular complexity index is 608. The lowest BCUT2D eigenvalue weighted by atomic mass is 9.81. The molecular formula is C18H25N3. The highest BCUT2D eigenvalue weighted by molar-refractivity contribution is 5.92. The second-order valence-electron chi connectivity index (χ2n) is 6.49. The summed E-state index contributed by atoms with van der Waals surface area (Å²) in [5, 5.41) is 4.74. The molecule has 1 fully saturated rings. The van der Waals surface area contributed by atoms with Crippen molar-refractivity contribution in [3.8, 4) is 0 Å². The number of aromatic nitrogens is 1. The second kappa shape index (κ2) is 6.33. The molecule has 0 saturated heterocycles. The van der Waals surface area contributed by atoms with E-state index in [9.17, 15) is 0 Å². The van der Waals surface area contributed by atoms with Crippen LogP contribution < -0.4 is 11.1 Å². The van der Waals surface area contributed by atoms with Gasteiger partial charge in [0.25, 0.3) is 0 Å². The van der Waals surface area contributed by atoms with E-state index in [-0.39, 0.29) is 0 Å². The Morgan fingerprint density at radius 2 is 2.19 bits per heavy atom. The standard InChI is InChI=1S/C18H25N3/c1-13-3-2-4-14(11-13)7-9-20-17-8-10-21-18-12-15(19)5-6-16(17)18/h5-6,8,10,12-14H,2-4,7,9,11,19H2,1H3,(H,20,21). The van der Waals surface area contributed by atoms with Crippen LogP contribution in [0.5, 0.6) is 0 Å². The summed E-state index contributed by atoms with van der Waals surface area (Å²) in [6, 6.07) is 7.99. The first-order chi connectivity index (χ1) is 10.2. The minimum Gasteiger partial charge on any atom is -0.399 e. The van der Waals surface area contributed by atoms with E-state index >= 15 is 0 Å². The predicted octanol–water partition coefficient (Wildman–Crippen LogP) is 4.45. The molecule has 1 saturated carbocycles. The molecule has 0 aliphatic heterocycles. The quantitative estimate of drug-likeness (QED) is 0.815. The summed E-state index contributed by atoms with van der Waals surface area (Å²) in [6.45, 7) is 3.43. The van der Waals surface area contributed by atoms with Crippen molar-refractivity contribution in [3.63, 3.8) is 0 Å². The Kier molecular flexibility index (Phi) is 4.28. The van der Waals surface area contributed by atoms with Crippen LogP contribution in [0, 0.1) is 11.8 Å². The van der Waals surface area contributed by atoms with Crippen LogP contribution in [0.3, 0.4) is 0 Å². The highest BCUT2D eigenvalue weighted by Gasteiger charge is 2.18. The van der Waals surface area contributed by atoms with Gasteiger partial charge in [0.05, 0.1) is 5.52 Å². The van der Waals surface area contributed by atoms with E-state index in [1.54, 1.807) is 0 Å². The van der Waals surface area contributed by atoms with Crippen LogP contribution in [0.4, 0.5) is 11.4 Å². The van der Waals surface area contributed by atoms with E-state index < -0.39 is 0 Å². The van der Waals surface area contributed by atoms with E-state index in [4.69, 9.17) is 5.73 Å². The third-order valence-corrected chi connectivity index (χ3v) is 4.68. The van der Waals surface area contributed by atoms with Gasteiger partial charge >= 0.3 is 0 Å². The Labute approximate surface area is 127 Å². The topological polar surface area (TPSA) is 50.9 Å². The van der Waals surface area contributed by atoms with Crippen LogP contribution in [-0.2, 0) is 0 Å². The molecule has 1 heterocycles. The molecule has 0 amide bonds. The molecule has 3 N–H and O–H groups in total. The molecule has 1 aliphatic carbocycles. The molecule has 1 aromatic heterocycles. The minimum atomic E-state index is 0.767. The Morgan fingerprint density at radius 3 is 3.05 bits per heavy atom. The summed E-state index contributed by atoms with van der Waals surface area (Å²) >= 11 is 0. The van der Waals surface area contributed by atoms with Crippen molar-refractivity contribution in [2.24, 2.45) is 11.8 Å². The lowest BCUT2D eigenvalue weighted by Crippen LogP contribution is -2.16. The van der Waals surface area contributed by atoms with Gasteiger partial charge in [0, 0.05) is 29.5 Å². The normalized spacial score (nSPS) is 22.3. The first-order valence-electron chi connectivity index (χ1n) is 8.10. The fraction of sp³-hybridized carbons (Fsp3) is 0.500. The largest absolute Gasteiger partial charge is 0.399 e. The minimum absolute atomic E-state index is 0.767. The van der Waals surface area contributed by atoms with E-state index in [1.807, 2.05) is 18.3 Å². The van der Waals surface area contributed by atoms with Crippen LogP contribution in [-0.4, -0.2) is 11.5 Å². The number of pyridine rings is 1. The number of nitrogens with two attached hydrogens (primary N) is 1. The summed E-state index contributed by atoms with van der Waals surface area (Å²) < 4.78 is 0. The average Bonchev–Trinajstić information content (AvgIpc) is 2.47. The van der Waals surface area contributed by atoms with Gasteiger partial charge in [-0.1, -0.05) is 26.2 Å².